The van der Waals surface area contributed by atoms with Crippen molar-refractivity contribution < 1.29 is 30.3 Å². The van der Waals surface area contributed by atoms with Crippen molar-refractivity contribution in [2.75, 3.05) is 0 Å². The Hall–Kier alpha value is -1.15. The van der Waals surface area contributed by atoms with Crippen LogP contribution in [0.3, 0.4) is 0 Å². The molecule has 0 bridgehead atoms. The molecule has 0 amide bonds. The third-order valence-corrected chi connectivity index (χ3v) is 1.44. The van der Waals surface area contributed by atoms with Crippen molar-refractivity contribution in [2.24, 2.45) is 0 Å². The summed E-state index contributed by atoms with van der Waals surface area (Å²) in [6.07, 6.45) is 0. The Labute approximate surface area is 101 Å². The zero-order chi connectivity index (χ0) is 9.84. The van der Waals surface area contributed by atoms with Crippen molar-refractivity contribution in [2.45, 2.75) is 0 Å². The van der Waals surface area contributed by atoms with E-state index in [-0.39, 0.29) is 39.7 Å². The summed E-state index contributed by atoms with van der Waals surface area (Å²) in [4.78, 5) is 24.3. The summed E-state index contributed by atoms with van der Waals surface area (Å²) in [6, 6.07) is 5.15. The molecule has 1 aromatic carbocycles. The summed E-state index contributed by atoms with van der Waals surface area (Å²) in [5.41, 5.74) is -0.666. The van der Waals surface area contributed by atoms with Crippen molar-refractivity contribution in [3.8, 4) is 0 Å². The third-order valence-electron chi connectivity index (χ3n) is 1.44. The number of carboxylic acids is 1. The van der Waals surface area contributed by atoms with Crippen LogP contribution in [0.15, 0.2) is 24.3 Å². The molecule has 7 heteroatoms. The van der Waals surface area contributed by atoms with Gasteiger partial charge in [0.05, 0.1) is 11.5 Å². The van der Waals surface area contributed by atoms with Gasteiger partial charge in [0.15, 0.2) is 0 Å². The molecule has 0 aliphatic carbocycles. The van der Waals surface area contributed by atoms with E-state index in [1.165, 1.54) is 18.2 Å². The molecular formula is C8H6MgO6. The van der Waals surface area contributed by atoms with Gasteiger partial charge in [-0.25, -0.2) is 4.79 Å². The molecule has 0 aromatic heterocycles. The van der Waals surface area contributed by atoms with Gasteiger partial charge >= 0.3 is 29.0 Å². The number of benzene rings is 1. The van der Waals surface area contributed by atoms with Crippen LogP contribution in [-0.4, -0.2) is 40.5 Å². The van der Waals surface area contributed by atoms with Crippen LogP contribution in [0.2, 0.25) is 0 Å². The fraction of sp³-hybridized carbons (Fsp3) is 0. The molecule has 0 saturated heterocycles. The van der Waals surface area contributed by atoms with E-state index in [0.29, 0.717) is 0 Å². The fourth-order valence-corrected chi connectivity index (χ4v) is 0.884. The molecule has 0 saturated carbocycles. The van der Waals surface area contributed by atoms with Gasteiger partial charge in [-0.3, -0.25) is 0 Å². The molecule has 1 aromatic rings. The molecule has 0 radical (unpaired) electrons. The smallest absolute Gasteiger partial charge is 0.661 e. The Kier molecular flexibility index (Phi) is 7.79. The molecule has 15 heavy (non-hydrogen) atoms. The second-order valence-electron chi connectivity index (χ2n) is 2.20. The Bertz CT molecular complexity index is 351. The van der Waals surface area contributed by atoms with Crippen LogP contribution in [0.5, 0.6) is 0 Å². The molecular weight excluding hydrogens is 216 g/mol. The molecule has 0 aliphatic heterocycles. The molecule has 2 N–H and O–H groups in total. The van der Waals surface area contributed by atoms with Gasteiger partial charge in [0.1, 0.15) is 0 Å². The number of carboxylic acid groups (broad SMARTS) is 1. The summed E-state index contributed by atoms with van der Waals surface area (Å²) in [5.74, 6) is -2.76. The zero-order valence-electron chi connectivity index (χ0n) is 7.56. The Balaban J connectivity index is 0. The van der Waals surface area contributed by atoms with Gasteiger partial charge in [-0.05, 0) is 6.07 Å². The standard InChI is InChI=1S/C8H6O5.Mg.H2O/c9-7(10)5-3-1-2-4-6(5)8(11)13-12;;/h1-4,12H,(H,9,10);;1H2/q;+2;/p-2. The first-order chi connectivity index (χ1) is 6.16. The number of aromatic carboxylic acids is 1. The first kappa shape index (κ1) is 16.3. The average Bonchev–Trinajstić information content (AvgIpc) is 2.16. The van der Waals surface area contributed by atoms with Gasteiger partial charge in [-0.2, -0.15) is 0 Å². The van der Waals surface area contributed by atoms with Gasteiger partial charge < -0.3 is 25.5 Å². The molecule has 1 rings (SSSR count). The first-order valence-electron chi connectivity index (χ1n) is 3.31. The molecule has 0 fully saturated rings. The second kappa shape index (κ2) is 7.18. The number of rotatable bonds is 2. The van der Waals surface area contributed by atoms with E-state index >= 15 is 0 Å². The maximum Gasteiger partial charge on any atom is 2.00 e. The van der Waals surface area contributed by atoms with Crippen LogP contribution in [-0.2, 0) is 4.89 Å². The second-order valence-corrected chi connectivity index (χ2v) is 2.20. The van der Waals surface area contributed by atoms with Crippen LogP contribution < -0.4 is 10.4 Å². The van der Waals surface area contributed by atoms with Gasteiger partial charge in [-0.1, -0.05) is 18.2 Å². The van der Waals surface area contributed by atoms with Crippen molar-refractivity contribution in [3.05, 3.63) is 35.4 Å². The maximum atomic E-state index is 10.7. The van der Waals surface area contributed by atoms with Crippen molar-refractivity contribution in [3.63, 3.8) is 0 Å². The normalized spacial score (nSPS) is 8.07. The van der Waals surface area contributed by atoms with Crippen molar-refractivity contribution in [1.29, 1.82) is 0 Å². The monoisotopic (exact) mass is 222 g/mol. The molecule has 0 spiro atoms. The van der Waals surface area contributed by atoms with Gasteiger partial charge in [0.2, 0.25) is 0 Å². The SMILES string of the molecule is O.O=C([O-])c1ccccc1C(=O)O[O-].[Mg+2]. The van der Waals surface area contributed by atoms with E-state index in [4.69, 9.17) is 0 Å². The summed E-state index contributed by atoms with van der Waals surface area (Å²) in [6.45, 7) is 0. The predicted octanol–water partition coefficient (Wildman–Crippen LogP) is -2.72. The van der Waals surface area contributed by atoms with E-state index in [1.807, 2.05) is 0 Å². The van der Waals surface area contributed by atoms with E-state index in [0.717, 1.165) is 6.07 Å². The maximum absolute atomic E-state index is 10.7. The van der Waals surface area contributed by atoms with E-state index in [1.54, 1.807) is 0 Å². The van der Waals surface area contributed by atoms with Gasteiger partial charge in [0.25, 0.3) is 0 Å². The Morgan fingerprint density at radius 1 is 1.13 bits per heavy atom. The first-order valence-corrected chi connectivity index (χ1v) is 3.31. The molecule has 6 nitrogen and oxygen atoms in total. The molecule has 76 valence electrons. The van der Waals surface area contributed by atoms with Crippen LogP contribution in [0.25, 0.3) is 0 Å². The fourth-order valence-electron chi connectivity index (χ4n) is 0.884. The van der Waals surface area contributed by atoms with Crippen molar-refractivity contribution in [1.82, 2.24) is 0 Å². The van der Waals surface area contributed by atoms with Gasteiger partial charge in [-0.15, -0.1) is 0 Å². The largest absolute Gasteiger partial charge is 2.00 e. The summed E-state index contributed by atoms with van der Waals surface area (Å²) < 4.78 is 0. The van der Waals surface area contributed by atoms with Crippen LogP contribution >= 0.6 is 0 Å². The zero-order valence-corrected chi connectivity index (χ0v) is 8.97. The molecule has 0 unspecified atom stereocenters. The number of carbonyl (C=O) groups excluding carboxylic acids is 2. The number of hydrogen-bond acceptors (Lipinski definition) is 5. The van der Waals surface area contributed by atoms with Crippen LogP contribution in [0.1, 0.15) is 20.7 Å². The van der Waals surface area contributed by atoms with E-state index in [9.17, 15) is 20.0 Å². The average molecular weight is 222 g/mol. The minimum absolute atomic E-state index is 0. The minimum atomic E-state index is -1.53. The quantitative estimate of drug-likeness (QED) is 0.306. The summed E-state index contributed by atoms with van der Waals surface area (Å²) in [7, 11) is 0. The van der Waals surface area contributed by atoms with E-state index in [2.05, 4.69) is 4.89 Å². The van der Waals surface area contributed by atoms with E-state index < -0.39 is 11.9 Å². The molecule has 0 aliphatic rings. The van der Waals surface area contributed by atoms with Crippen LogP contribution in [0.4, 0.5) is 0 Å². The molecule has 0 atom stereocenters. The third kappa shape index (κ3) is 3.84. The summed E-state index contributed by atoms with van der Waals surface area (Å²) >= 11 is 0. The molecule has 0 heterocycles. The summed E-state index contributed by atoms with van der Waals surface area (Å²) in [5, 5.41) is 20.2. The van der Waals surface area contributed by atoms with Crippen molar-refractivity contribution >= 4 is 35.0 Å². The minimum Gasteiger partial charge on any atom is -0.661 e. The number of carbonyl (C=O) groups is 2. The Morgan fingerprint density at radius 3 is 2.00 bits per heavy atom. The van der Waals surface area contributed by atoms with Crippen LogP contribution in [0, 0.1) is 0 Å². The predicted molar refractivity (Wildman–Crippen MR) is 45.6 cm³/mol. The Morgan fingerprint density at radius 2 is 1.60 bits per heavy atom. The topological polar surface area (TPSA) is 121 Å². The van der Waals surface area contributed by atoms with Gasteiger partial charge in [0, 0.05) is 5.56 Å². The number of hydrogen-bond donors (Lipinski definition) is 0.